The van der Waals surface area contributed by atoms with Crippen molar-refractivity contribution in [2.45, 2.75) is 105 Å². The van der Waals surface area contributed by atoms with Crippen molar-refractivity contribution in [1.82, 2.24) is 15.0 Å². The Hall–Kier alpha value is -3.94. The maximum absolute atomic E-state index is 12.9. The van der Waals surface area contributed by atoms with Gasteiger partial charge in [-0.25, -0.2) is 4.79 Å². The van der Waals surface area contributed by atoms with E-state index in [9.17, 15) is 4.79 Å². The van der Waals surface area contributed by atoms with E-state index in [1.165, 1.54) is 64.2 Å². The van der Waals surface area contributed by atoms with Crippen LogP contribution < -0.4 is 20.7 Å². The molecule has 0 aliphatic heterocycles. The van der Waals surface area contributed by atoms with Gasteiger partial charge in [0.1, 0.15) is 5.58 Å². The van der Waals surface area contributed by atoms with E-state index in [0.29, 0.717) is 23.0 Å². The van der Waals surface area contributed by atoms with Crippen molar-refractivity contribution in [1.29, 1.82) is 0 Å². The average Bonchev–Trinajstić information content (AvgIpc) is 3.07. The van der Waals surface area contributed by atoms with Gasteiger partial charge in [-0.05, 0) is 50.5 Å². The lowest BCUT2D eigenvalue weighted by molar-refractivity contribution is 0.563. The summed E-state index contributed by atoms with van der Waals surface area (Å²) >= 11 is 0. The molecule has 4 rings (SSSR count). The predicted molar refractivity (Wildman–Crippen MR) is 194 cm³/mol. The molecule has 2 heterocycles. The van der Waals surface area contributed by atoms with Gasteiger partial charge in [-0.1, -0.05) is 108 Å². The molecule has 2 aromatic heterocycles. The Bertz CT molecular complexity index is 1500. The van der Waals surface area contributed by atoms with Crippen LogP contribution in [0.3, 0.4) is 0 Å². The molecular formula is C38H54N6O2. The summed E-state index contributed by atoms with van der Waals surface area (Å²) in [7, 11) is 0. The third-order valence-electron chi connectivity index (χ3n) is 8.58. The largest absolute Gasteiger partial charge is 0.422 e. The van der Waals surface area contributed by atoms with Crippen LogP contribution in [0.5, 0.6) is 0 Å². The van der Waals surface area contributed by atoms with E-state index < -0.39 is 0 Å². The zero-order valence-corrected chi connectivity index (χ0v) is 28.6. The number of nitrogens with zero attached hydrogens (tertiary/aromatic N) is 5. The van der Waals surface area contributed by atoms with Gasteiger partial charge in [-0.15, -0.1) is 0 Å². The Morgan fingerprint density at radius 1 is 0.652 bits per heavy atom. The summed E-state index contributed by atoms with van der Waals surface area (Å²) in [6.07, 6.45) is 15.0. The van der Waals surface area contributed by atoms with Crippen LogP contribution in [-0.4, -0.2) is 41.1 Å². The molecule has 1 N–H and O–H groups in total. The highest BCUT2D eigenvalue weighted by Crippen LogP contribution is 2.26. The standard InChI is InChI=1S/C38H54N6O2/c1-5-9-11-13-15-20-26-44(27-21-16-14-12-10-6-2)38-41-36(40-37(42-38)43(7-3)8-4)39-32-25-24-31-28-33(30-22-18-17-19-23-30)35(45)46-34(31)29-32/h17-19,22-25,28-29H,5-16,20-21,26-27H2,1-4H3,(H,39,40,41,42). The molecule has 0 bridgehead atoms. The van der Waals surface area contributed by atoms with Crippen LogP contribution in [-0.2, 0) is 0 Å². The summed E-state index contributed by atoms with van der Waals surface area (Å²) in [4.78, 5) is 32.2. The molecule has 0 radical (unpaired) electrons. The zero-order valence-electron chi connectivity index (χ0n) is 28.6. The second kappa shape index (κ2) is 18.9. The SMILES string of the molecule is CCCCCCCCN(CCCCCCCC)c1nc(Nc2ccc3cc(-c4ccccc4)c(=O)oc3c2)nc(N(CC)CC)n1. The van der Waals surface area contributed by atoms with Crippen molar-refractivity contribution in [2.24, 2.45) is 0 Å². The highest BCUT2D eigenvalue weighted by atomic mass is 16.4. The lowest BCUT2D eigenvalue weighted by atomic mass is 10.1. The number of unbranched alkanes of at least 4 members (excludes halogenated alkanes) is 10. The van der Waals surface area contributed by atoms with Crippen molar-refractivity contribution in [3.8, 4) is 11.1 Å². The highest BCUT2D eigenvalue weighted by molar-refractivity contribution is 5.84. The summed E-state index contributed by atoms with van der Waals surface area (Å²) in [5.74, 6) is 1.89. The van der Waals surface area contributed by atoms with E-state index in [0.717, 1.165) is 61.6 Å². The van der Waals surface area contributed by atoms with Crippen molar-refractivity contribution < 1.29 is 4.42 Å². The van der Waals surface area contributed by atoms with Crippen LogP contribution in [0, 0.1) is 0 Å². The van der Waals surface area contributed by atoms with E-state index in [-0.39, 0.29) is 5.63 Å². The number of nitrogens with one attached hydrogen (secondary N) is 1. The van der Waals surface area contributed by atoms with Crippen molar-refractivity contribution >= 4 is 34.5 Å². The fourth-order valence-corrected chi connectivity index (χ4v) is 5.81. The van der Waals surface area contributed by atoms with E-state index in [2.05, 4.69) is 42.8 Å². The fraction of sp³-hybridized carbons (Fsp3) is 0.526. The lowest BCUT2D eigenvalue weighted by Crippen LogP contribution is -2.30. The molecule has 8 heteroatoms. The van der Waals surface area contributed by atoms with Crippen LogP contribution in [0.25, 0.3) is 22.1 Å². The number of fused-ring (bicyclic) bond motifs is 1. The maximum Gasteiger partial charge on any atom is 0.344 e. The van der Waals surface area contributed by atoms with Crippen LogP contribution >= 0.6 is 0 Å². The molecule has 0 aliphatic rings. The fourth-order valence-electron chi connectivity index (χ4n) is 5.81. The van der Waals surface area contributed by atoms with E-state index in [4.69, 9.17) is 19.4 Å². The summed E-state index contributed by atoms with van der Waals surface area (Å²) in [6, 6.07) is 17.3. The normalized spacial score (nSPS) is 11.2. The molecule has 0 saturated heterocycles. The Morgan fingerprint density at radius 2 is 1.24 bits per heavy atom. The van der Waals surface area contributed by atoms with Gasteiger partial charge in [0.2, 0.25) is 17.8 Å². The molecule has 0 saturated carbocycles. The molecular weight excluding hydrogens is 572 g/mol. The van der Waals surface area contributed by atoms with Crippen LogP contribution in [0.1, 0.15) is 105 Å². The van der Waals surface area contributed by atoms with Gasteiger partial charge in [-0.2, -0.15) is 15.0 Å². The Balaban J connectivity index is 1.59. The zero-order chi connectivity index (χ0) is 32.6. The smallest absolute Gasteiger partial charge is 0.344 e. The summed E-state index contributed by atoms with van der Waals surface area (Å²) in [5.41, 5.74) is 2.30. The molecule has 2 aromatic carbocycles. The minimum atomic E-state index is -0.359. The maximum atomic E-state index is 12.9. The second-order valence-corrected chi connectivity index (χ2v) is 12.1. The second-order valence-electron chi connectivity index (χ2n) is 12.1. The van der Waals surface area contributed by atoms with E-state index in [1.807, 2.05) is 54.6 Å². The van der Waals surface area contributed by atoms with Gasteiger partial charge in [-0.3, -0.25) is 0 Å². The predicted octanol–water partition coefficient (Wildman–Crippen LogP) is 9.76. The van der Waals surface area contributed by atoms with Gasteiger partial charge in [0.05, 0.1) is 5.56 Å². The summed E-state index contributed by atoms with van der Waals surface area (Å²) in [6.45, 7) is 12.3. The minimum absolute atomic E-state index is 0.359. The number of anilines is 4. The third-order valence-corrected chi connectivity index (χ3v) is 8.58. The number of aromatic nitrogens is 3. The molecule has 0 unspecified atom stereocenters. The highest BCUT2D eigenvalue weighted by Gasteiger charge is 2.17. The molecule has 0 amide bonds. The first-order valence-electron chi connectivity index (χ1n) is 17.7. The molecule has 0 aliphatic carbocycles. The Labute approximate surface area is 275 Å². The Kier molecular flexibility index (Phi) is 14.3. The monoisotopic (exact) mass is 626 g/mol. The van der Waals surface area contributed by atoms with Crippen LogP contribution in [0.2, 0.25) is 0 Å². The van der Waals surface area contributed by atoms with E-state index >= 15 is 0 Å². The third kappa shape index (κ3) is 10.3. The Morgan fingerprint density at radius 3 is 1.85 bits per heavy atom. The van der Waals surface area contributed by atoms with E-state index in [1.54, 1.807) is 0 Å². The first-order valence-corrected chi connectivity index (χ1v) is 17.7. The summed E-state index contributed by atoms with van der Waals surface area (Å²) < 4.78 is 5.78. The number of hydrogen-bond donors (Lipinski definition) is 1. The number of rotatable bonds is 21. The molecule has 4 aromatic rings. The van der Waals surface area contributed by atoms with Gasteiger partial charge in [0, 0.05) is 43.3 Å². The quantitative estimate of drug-likeness (QED) is 0.0722. The molecule has 8 nitrogen and oxygen atoms in total. The van der Waals surface area contributed by atoms with Crippen LogP contribution in [0.4, 0.5) is 23.5 Å². The molecule has 248 valence electrons. The van der Waals surface area contributed by atoms with Crippen molar-refractivity contribution in [3.63, 3.8) is 0 Å². The lowest BCUT2D eigenvalue weighted by Gasteiger charge is -2.26. The molecule has 0 fully saturated rings. The topological polar surface area (TPSA) is 87.4 Å². The van der Waals surface area contributed by atoms with Gasteiger partial charge in [0.25, 0.3) is 0 Å². The number of benzene rings is 2. The van der Waals surface area contributed by atoms with Gasteiger partial charge >= 0.3 is 5.63 Å². The molecule has 0 atom stereocenters. The summed E-state index contributed by atoms with van der Waals surface area (Å²) in [5, 5.41) is 4.26. The van der Waals surface area contributed by atoms with Crippen LogP contribution in [0.15, 0.2) is 63.8 Å². The average molecular weight is 627 g/mol. The van der Waals surface area contributed by atoms with Gasteiger partial charge in [0.15, 0.2) is 0 Å². The first-order chi connectivity index (χ1) is 22.6. The molecule has 46 heavy (non-hydrogen) atoms. The number of hydrogen-bond acceptors (Lipinski definition) is 8. The van der Waals surface area contributed by atoms with Crippen molar-refractivity contribution in [2.75, 3.05) is 41.3 Å². The minimum Gasteiger partial charge on any atom is -0.422 e. The first kappa shape index (κ1) is 34.9. The molecule has 0 spiro atoms. The van der Waals surface area contributed by atoms with Crippen molar-refractivity contribution in [3.05, 3.63) is 65.0 Å². The van der Waals surface area contributed by atoms with Gasteiger partial charge < -0.3 is 19.5 Å².